The van der Waals surface area contributed by atoms with Gasteiger partial charge in [-0.15, -0.1) is 0 Å². The van der Waals surface area contributed by atoms with Crippen molar-refractivity contribution in [3.05, 3.63) is 59.7 Å². The topological polar surface area (TPSA) is 45.0 Å². The second-order valence-electron chi connectivity index (χ2n) is 4.88. The molecule has 108 valence electrons. The van der Waals surface area contributed by atoms with Crippen LogP contribution in [0.25, 0.3) is 0 Å². The molecule has 0 saturated carbocycles. The molecule has 2 aromatic rings. The highest BCUT2D eigenvalue weighted by Gasteiger charge is 1.97. The van der Waals surface area contributed by atoms with E-state index in [0.717, 1.165) is 36.6 Å². The van der Waals surface area contributed by atoms with Gasteiger partial charge < -0.3 is 10.1 Å². The molecule has 0 atom stereocenters. The monoisotopic (exact) mass is 280 g/mol. The minimum Gasteiger partial charge on any atom is -0.494 e. The van der Waals surface area contributed by atoms with Crippen molar-refractivity contribution in [3.8, 4) is 11.8 Å². The zero-order chi connectivity index (χ0) is 14.9. The lowest BCUT2D eigenvalue weighted by Crippen LogP contribution is -2.00. The van der Waals surface area contributed by atoms with Crippen LogP contribution in [0.4, 0.5) is 5.69 Å². The number of nitrogens with zero attached hydrogens (tertiary/aromatic N) is 1. The van der Waals surface area contributed by atoms with E-state index in [1.807, 2.05) is 36.4 Å². The maximum absolute atomic E-state index is 8.64. The predicted molar refractivity (Wildman–Crippen MR) is 85.3 cm³/mol. The van der Waals surface area contributed by atoms with Gasteiger partial charge >= 0.3 is 0 Å². The van der Waals surface area contributed by atoms with E-state index in [2.05, 4.69) is 30.4 Å². The van der Waals surface area contributed by atoms with Crippen LogP contribution in [-0.4, -0.2) is 6.61 Å². The number of benzene rings is 2. The first-order valence-corrected chi connectivity index (χ1v) is 7.23. The molecule has 0 aliphatic carbocycles. The van der Waals surface area contributed by atoms with E-state index in [1.54, 1.807) is 0 Å². The molecule has 0 unspecified atom stereocenters. The van der Waals surface area contributed by atoms with Crippen molar-refractivity contribution >= 4 is 5.69 Å². The van der Waals surface area contributed by atoms with Crippen molar-refractivity contribution in [2.45, 2.75) is 26.3 Å². The molecule has 0 saturated heterocycles. The number of hydrogen-bond donors (Lipinski definition) is 1. The molecule has 0 aromatic heterocycles. The standard InChI is InChI=1S/C18H20N2O/c1-2-13-21-18-9-5-16(6-10-18)14-20-17-7-3-15(4-8-17)11-12-19/h3-10,20H,2,11,13-14H2,1H3. The lowest BCUT2D eigenvalue weighted by Gasteiger charge is -2.08. The van der Waals surface area contributed by atoms with Gasteiger partial charge in [0.15, 0.2) is 0 Å². The van der Waals surface area contributed by atoms with Gasteiger partial charge in [-0.05, 0) is 41.8 Å². The summed E-state index contributed by atoms with van der Waals surface area (Å²) in [5.74, 6) is 0.918. The molecule has 0 aliphatic heterocycles. The summed E-state index contributed by atoms with van der Waals surface area (Å²) < 4.78 is 5.56. The maximum Gasteiger partial charge on any atom is 0.119 e. The van der Waals surface area contributed by atoms with Crippen LogP contribution in [0.3, 0.4) is 0 Å². The van der Waals surface area contributed by atoms with Crippen LogP contribution in [-0.2, 0) is 13.0 Å². The van der Waals surface area contributed by atoms with Crippen LogP contribution in [0.5, 0.6) is 5.75 Å². The van der Waals surface area contributed by atoms with Gasteiger partial charge in [-0.25, -0.2) is 0 Å². The van der Waals surface area contributed by atoms with Gasteiger partial charge in [-0.1, -0.05) is 31.2 Å². The zero-order valence-corrected chi connectivity index (χ0v) is 12.3. The molecule has 0 aliphatic rings. The molecule has 1 N–H and O–H groups in total. The largest absolute Gasteiger partial charge is 0.494 e. The number of nitriles is 1. The Kier molecular flexibility index (Phi) is 5.66. The quantitative estimate of drug-likeness (QED) is 0.828. The third-order valence-electron chi connectivity index (χ3n) is 3.13. The summed E-state index contributed by atoms with van der Waals surface area (Å²) in [6.07, 6.45) is 1.48. The molecular formula is C18H20N2O. The highest BCUT2D eigenvalue weighted by Crippen LogP contribution is 2.15. The van der Waals surface area contributed by atoms with Crippen LogP contribution < -0.4 is 10.1 Å². The van der Waals surface area contributed by atoms with E-state index in [9.17, 15) is 0 Å². The summed E-state index contributed by atoms with van der Waals surface area (Å²) in [5.41, 5.74) is 3.31. The van der Waals surface area contributed by atoms with Crippen molar-refractivity contribution in [2.75, 3.05) is 11.9 Å². The average Bonchev–Trinajstić information content (AvgIpc) is 2.53. The molecule has 0 bridgehead atoms. The highest BCUT2D eigenvalue weighted by molar-refractivity contribution is 5.45. The highest BCUT2D eigenvalue weighted by atomic mass is 16.5. The normalized spacial score (nSPS) is 9.90. The summed E-state index contributed by atoms with van der Waals surface area (Å²) in [4.78, 5) is 0. The Balaban J connectivity index is 1.86. The molecule has 0 heterocycles. The molecule has 0 amide bonds. The Morgan fingerprint density at radius 1 is 1.00 bits per heavy atom. The Labute approximate surface area is 126 Å². The molecule has 0 radical (unpaired) electrons. The Morgan fingerprint density at radius 3 is 2.29 bits per heavy atom. The van der Waals surface area contributed by atoms with Crippen molar-refractivity contribution < 1.29 is 4.74 Å². The number of rotatable bonds is 7. The van der Waals surface area contributed by atoms with Gasteiger partial charge in [0.2, 0.25) is 0 Å². The van der Waals surface area contributed by atoms with Crippen molar-refractivity contribution in [1.29, 1.82) is 5.26 Å². The molecular weight excluding hydrogens is 260 g/mol. The van der Waals surface area contributed by atoms with Gasteiger partial charge in [0.05, 0.1) is 19.1 Å². The summed E-state index contributed by atoms with van der Waals surface area (Å²) in [6, 6.07) is 18.3. The fourth-order valence-electron chi connectivity index (χ4n) is 1.96. The van der Waals surface area contributed by atoms with Crippen LogP contribution in [0.15, 0.2) is 48.5 Å². The van der Waals surface area contributed by atoms with Gasteiger partial charge in [0, 0.05) is 12.2 Å². The number of anilines is 1. The second kappa shape index (κ2) is 7.96. The molecule has 0 spiro atoms. The van der Waals surface area contributed by atoms with E-state index in [4.69, 9.17) is 10.00 Å². The van der Waals surface area contributed by atoms with Crippen LogP contribution in [0.2, 0.25) is 0 Å². The fourth-order valence-corrected chi connectivity index (χ4v) is 1.96. The lowest BCUT2D eigenvalue weighted by molar-refractivity contribution is 0.317. The number of hydrogen-bond acceptors (Lipinski definition) is 3. The number of ether oxygens (including phenoxy) is 1. The summed E-state index contributed by atoms with van der Waals surface area (Å²) in [6.45, 7) is 3.62. The smallest absolute Gasteiger partial charge is 0.119 e. The van der Waals surface area contributed by atoms with Crippen molar-refractivity contribution in [2.24, 2.45) is 0 Å². The van der Waals surface area contributed by atoms with Gasteiger partial charge in [0.1, 0.15) is 5.75 Å². The summed E-state index contributed by atoms with van der Waals surface area (Å²) >= 11 is 0. The third-order valence-corrected chi connectivity index (χ3v) is 3.13. The minimum atomic E-state index is 0.458. The fraction of sp³-hybridized carbons (Fsp3) is 0.278. The van der Waals surface area contributed by atoms with Crippen molar-refractivity contribution in [1.82, 2.24) is 0 Å². The molecule has 2 rings (SSSR count). The van der Waals surface area contributed by atoms with Gasteiger partial charge in [-0.3, -0.25) is 0 Å². The Bertz CT molecular complexity index is 582. The van der Waals surface area contributed by atoms with E-state index >= 15 is 0 Å². The van der Waals surface area contributed by atoms with E-state index in [0.29, 0.717) is 6.42 Å². The second-order valence-corrected chi connectivity index (χ2v) is 4.88. The molecule has 3 nitrogen and oxygen atoms in total. The van der Waals surface area contributed by atoms with E-state index in [1.165, 1.54) is 5.56 Å². The van der Waals surface area contributed by atoms with E-state index in [-0.39, 0.29) is 0 Å². The third kappa shape index (κ3) is 4.85. The molecule has 2 aromatic carbocycles. The Hall–Kier alpha value is -2.47. The van der Waals surface area contributed by atoms with Gasteiger partial charge in [0.25, 0.3) is 0 Å². The summed E-state index contributed by atoms with van der Waals surface area (Å²) in [7, 11) is 0. The van der Waals surface area contributed by atoms with Gasteiger partial charge in [-0.2, -0.15) is 5.26 Å². The van der Waals surface area contributed by atoms with Crippen LogP contribution in [0.1, 0.15) is 24.5 Å². The maximum atomic E-state index is 8.64. The molecule has 0 fully saturated rings. The average molecular weight is 280 g/mol. The first kappa shape index (κ1) is 14.9. The Morgan fingerprint density at radius 2 is 1.67 bits per heavy atom. The lowest BCUT2D eigenvalue weighted by atomic mass is 10.1. The first-order chi connectivity index (χ1) is 10.3. The van der Waals surface area contributed by atoms with Crippen LogP contribution >= 0.6 is 0 Å². The predicted octanol–water partition coefficient (Wildman–Crippen LogP) is 4.15. The van der Waals surface area contributed by atoms with E-state index < -0.39 is 0 Å². The molecule has 3 heteroatoms. The number of nitrogens with one attached hydrogen (secondary N) is 1. The SMILES string of the molecule is CCCOc1ccc(CNc2ccc(CC#N)cc2)cc1. The minimum absolute atomic E-state index is 0.458. The van der Waals surface area contributed by atoms with Crippen LogP contribution in [0, 0.1) is 11.3 Å². The molecule has 21 heavy (non-hydrogen) atoms. The first-order valence-electron chi connectivity index (χ1n) is 7.23. The summed E-state index contributed by atoms with van der Waals surface area (Å²) in [5, 5.41) is 12.0. The zero-order valence-electron chi connectivity index (χ0n) is 12.3. The van der Waals surface area contributed by atoms with Crippen molar-refractivity contribution in [3.63, 3.8) is 0 Å².